The molecule has 24 heavy (non-hydrogen) atoms. The fourth-order valence-electron chi connectivity index (χ4n) is 3.04. The number of anilines is 1. The van der Waals surface area contributed by atoms with E-state index in [0.29, 0.717) is 23.2 Å². The summed E-state index contributed by atoms with van der Waals surface area (Å²) in [5, 5.41) is 20.1. The molecule has 1 fully saturated rings. The first-order valence-corrected chi connectivity index (χ1v) is 8.44. The fraction of sp³-hybridized carbons (Fsp3) is 0.412. The number of halogens is 1. The number of rotatable bonds is 4. The SMILES string of the molecule is Cc1c(NC(=O)NC[C@H]2CC[C@@H](O)C2)cnn1-c1cccc(Cl)c1. The van der Waals surface area contributed by atoms with Crippen LogP contribution in [0.2, 0.25) is 5.02 Å². The van der Waals surface area contributed by atoms with E-state index in [1.165, 1.54) is 0 Å². The molecular formula is C17H21ClN4O2. The van der Waals surface area contributed by atoms with E-state index >= 15 is 0 Å². The van der Waals surface area contributed by atoms with Gasteiger partial charge in [0.05, 0.1) is 29.4 Å². The molecule has 0 saturated heterocycles. The van der Waals surface area contributed by atoms with Gasteiger partial charge in [-0.1, -0.05) is 17.7 Å². The molecule has 0 unspecified atom stereocenters. The van der Waals surface area contributed by atoms with E-state index in [2.05, 4.69) is 15.7 Å². The highest BCUT2D eigenvalue weighted by Crippen LogP contribution is 2.24. The fourth-order valence-corrected chi connectivity index (χ4v) is 3.22. The first kappa shape index (κ1) is 16.8. The van der Waals surface area contributed by atoms with Crippen LogP contribution in [0, 0.1) is 12.8 Å². The van der Waals surface area contributed by atoms with E-state index in [9.17, 15) is 9.90 Å². The van der Waals surface area contributed by atoms with Crippen LogP contribution in [0.4, 0.5) is 10.5 Å². The predicted octanol–water partition coefficient (Wildman–Crippen LogP) is 3.12. The molecule has 1 aliphatic carbocycles. The van der Waals surface area contributed by atoms with Crippen LogP contribution in [0.5, 0.6) is 0 Å². The van der Waals surface area contributed by atoms with Crippen molar-refractivity contribution in [2.45, 2.75) is 32.3 Å². The number of urea groups is 1. The third kappa shape index (κ3) is 3.88. The zero-order valence-corrected chi connectivity index (χ0v) is 14.3. The lowest BCUT2D eigenvalue weighted by molar-refractivity contribution is 0.177. The summed E-state index contributed by atoms with van der Waals surface area (Å²) in [6.45, 7) is 2.46. The molecule has 0 spiro atoms. The van der Waals surface area contributed by atoms with Crippen LogP contribution < -0.4 is 10.6 Å². The quantitative estimate of drug-likeness (QED) is 0.794. The van der Waals surface area contributed by atoms with E-state index in [0.717, 1.165) is 30.6 Å². The van der Waals surface area contributed by atoms with Crippen LogP contribution in [0.1, 0.15) is 25.0 Å². The van der Waals surface area contributed by atoms with E-state index in [1.807, 2.05) is 25.1 Å². The molecule has 2 aromatic rings. The van der Waals surface area contributed by atoms with Crippen molar-refractivity contribution in [1.29, 1.82) is 0 Å². The van der Waals surface area contributed by atoms with E-state index < -0.39 is 0 Å². The molecule has 1 saturated carbocycles. The van der Waals surface area contributed by atoms with Crippen LogP contribution >= 0.6 is 11.6 Å². The molecule has 7 heteroatoms. The highest BCUT2D eigenvalue weighted by molar-refractivity contribution is 6.30. The molecule has 2 amide bonds. The van der Waals surface area contributed by atoms with Gasteiger partial charge in [0.1, 0.15) is 0 Å². The molecule has 6 nitrogen and oxygen atoms in total. The van der Waals surface area contributed by atoms with Crippen molar-refractivity contribution in [3.05, 3.63) is 41.2 Å². The monoisotopic (exact) mass is 348 g/mol. The minimum atomic E-state index is -0.259. The first-order chi connectivity index (χ1) is 11.5. The maximum absolute atomic E-state index is 12.1. The number of carbonyl (C=O) groups is 1. The Hall–Kier alpha value is -2.05. The van der Waals surface area contributed by atoms with E-state index in [-0.39, 0.29) is 12.1 Å². The Kier molecular flexibility index (Phi) is 5.06. The van der Waals surface area contributed by atoms with Gasteiger partial charge in [0, 0.05) is 11.6 Å². The minimum absolute atomic E-state index is 0.224. The molecule has 128 valence electrons. The standard InChI is InChI=1S/C17H21ClN4O2/c1-11-16(10-20-22(11)14-4-2-3-13(18)8-14)21-17(24)19-9-12-5-6-15(23)7-12/h2-4,8,10,12,15,23H,5-7,9H2,1H3,(H2,19,21,24)/t12-,15+/m0/s1. The van der Waals surface area contributed by atoms with Crippen LogP contribution in [0.15, 0.2) is 30.5 Å². The summed E-state index contributed by atoms with van der Waals surface area (Å²) >= 11 is 6.01. The number of nitrogens with zero attached hydrogens (tertiary/aromatic N) is 2. The molecule has 3 rings (SSSR count). The maximum Gasteiger partial charge on any atom is 0.319 e. The Morgan fingerprint density at radius 1 is 1.46 bits per heavy atom. The number of aliphatic hydroxyl groups excluding tert-OH is 1. The molecule has 1 aromatic carbocycles. The molecule has 1 heterocycles. The normalized spacial score (nSPS) is 20.1. The highest BCUT2D eigenvalue weighted by atomic mass is 35.5. The lowest BCUT2D eigenvalue weighted by Crippen LogP contribution is -2.32. The lowest BCUT2D eigenvalue weighted by Gasteiger charge is -2.12. The number of carbonyl (C=O) groups excluding carboxylic acids is 1. The van der Waals surface area contributed by atoms with Crippen LogP contribution in [-0.4, -0.2) is 33.6 Å². The van der Waals surface area contributed by atoms with Crippen molar-refractivity contribution in [2.24, 2.45) is 5.92 Å². The van der Waals surface area contributed by atoms with E-state index in [4.69, 9.17) is 11.6 Å². The Morgan fingerprint density at radius 2 is 2.29 bits per heavy atom. The van der Waals surface area contributed by atoms with Gasteiger partial charge in [-0.25, -0.2) is 9.48 Å². The third-order valence-electron chi connectivity index (χ3n) is 4.38. The van der Waals surface area contributed by atoms with Crippen molar-refractivity contribution in [1.82, 2.24) is 15.1 Å². The van der Waals surface area contributed by atoms with Crippen molar-refractivity contribution in [3.63, 3.8) is 0 Å². The lowest BCUT2D eigenvalue weighted by atomic mass is 10.1. The summed E-state index contributed by atoms with van der Waals surface area (Å²) in [7, 11) is 0. The average Bonchev–Trinajstić information content (AvgIpc) is 3.12. The Morgan fingerprint density at radius 3 is 3.00 bits per heavy atom. The summed E-state index contributed by atoms with van der Waals surface area (Å²) in [5.74, 6) is 0.348. The maximum atomic E-state index is 12.1. The smallest absolute Gasteiger partial charge is 0.319 e. The number of hydrogen-bond acceptors (Lipinski definition) is 3. The van der Waals surface area contributed by atoms with Gasteiger partial charge < -0.3 is 15.7 Å². The Bertz CT molecular complexity index is 731. The van der Waals surface area contributed by atoms with Crippen LogP contribution in [0.25, 0.3) is 5.69 Å². The van der Waals surface area contributed by atoms with Gasteiger partial charge in [0.2, 0.25) is 0 Å². The largest absolute Gasteiger partial charge is 0.393 e. The summed E-state index contributed by atoms with van der Waals surface area (Å²) < 4.78 is 1.73. The second-order valence-corrected chi connectivity index (χ2v) is 6.64. The average molecular weight is 349 g/mol. The van der Waals surface area contributed by atoms with Gasteiger partial charge in [-0.3, -0.25) is 0 Å². The first-order valence-electron chi connectivity index (χ1n) is 8.06. The topological polar surface area (TPSA) is 79.2 Å². The minimum Gasteiger partial charge on any atom is -0.393 e. The number of aliphatic hydroxyl groups is 1. The van der Waals surface area contributed by atoms with Crippen molar-refractivity contribution in [2.75, 3.05) is 11.9 Å². The third-order valence-corrected chi connectivity index (χ3v) is 4.61. The van der Waals surface area contributed by atoms with Gasteiger partial charge in [-0.15, -0.1) is 0 Å². The highest BCUT2D eigenvalue weighted by Gasteiger charge is 2.23. The zero-order valence-electron chi connectivity index (χ0n) is 13.5. The number of nitrogens with one attached hydrogen (secondary N) is 2. The van der Waals surface area contributed by atoms with Gasteiger partial charge in [0.15, 0.2) is 0 Å². The Balaban J connectivity index is 1.60. The molecule has 1 aromatic heterocycles. The van der Waals surface area contributed by atoms with Crippen molar-refractivity contribution >= 4 is 23.3 Å². The van der Waals surface area contributed by atoms with Gasteiger partial charge in [0.25, 0.3) is 0 Å². The summed E-state index contributed by atoms with van der Waals surface area (Å²) in [6, 6.07) is 7.12. The summed E-state index contributed by atoms with van der Waals surface area (Å²) in [4.78, 5) is 12.1. The molecular weight excluding hydrogens is 328 g/mol. The second kappa shape index (κ2) is 7.23. The number of amides is 2. The summed E-state index contributed by atoms with van der Waals surface area (Å²) in [5.41, 5.74) is 2.32. The van der Waals surface area contributed by atoms with Gasteiger partial charge in [-0.05, 0) is 50.3 Å². The molecule has 0 radical (unpaired) electrons. The number of aromatic nitrogens is 2. The van der Waals surface area contributed by atoms with Crippen LogP contribution in [0.3, 0.4) is 0 Å². The molecule has 0 bridgehead atoms. The Labute approximate surface area is 145 Å². The molecule has 2 atom stereocenters. The molecule has 3 N–H and O–H groups in total. The van der Waals surface area contributed by atoms with Gasteiger partial charge >= 0.3 is 6.03 Å². The van der Waals surface area contributed by atoms with Gasteiger partial charge in [-0.2, -0.15) is 5.10 Å². The number of hydrogen-bond donors (Lipinski definition) is 3. The zero-order chi connectivity index (χ0) is 17.1. The predicted molar refractivity (Wildman–Crippen MR) is 93.7 cm³/mol. The van der Waals surface area contributed by atoms with Crippen LogP contribution in [-0.2, 0) is 0 Å². The van der Waals surface area contributed by atoms with Crippen molar-refractivity contribution in [3.8, 4) is 5.69 Å². The number of benzene rings is 1. The van der Waals surface area contributed by atoms with E-state index in [1.54, 1.807) is 16.9 Å². The van der Waals surface area contributed by atoms with Crippen molar-refractivity contribution < 1.29 is 9.90 Å². The summed E-state index contributed by atoms with van der Waals surface area (Å²) in [6.07, 6.45) is 3.92. The molecule has 1 aliphatic rings. The second-order valence-electron chi connectivity index (χ2n) is 6.20. The molecule has 0 aliphatic heterocycles.